The molecule has 1 aromatic rings. The molecular weight excluding hydrogens is 243 g/mol. The fourth-order valence-corrected chi connectivity index (χ4v) is 2.02. The van der Waals surface area contributed by atoms with Gasteiger partial charge in [0.2, 0.25) is 0 Å². The van der Waals surface area contributed by atoms with Crippen molar-refractivity contribution in [3.05, 3.63) is 23.0 Å². The second-order valence-corrected chi connectivity index (χ2v) is 4.32. The predicted octanol–water partition coefficient (Wildman–Crippen LogP) is 2.92. The monoisotopic (exact) mass is 260 g/mol. The van der Waals surface area contributed by atoms with Crippen LogP contribution < -0.4 is 10.6 Å². The molecule has 0 aliphatic heterocycles. The Morgan fingerprint density at radius 2 is 2.18 bits per heavy atom. The Bertz CT molecular complexity index is 387. The van der Waals surface area contributed by atoms with E-state index in [1.807, 2.05) is 18.7 Å². The molecule has 0 bridgehead atoms. The Kier molecular flexibility index (Phi) is 5.02. The van der Waals surface area contributed by atoms with E-state index < -0.39 is 5.82 Å². The molecule has 0 heterocycles. The molecule has 1 aromatic carbocycles. The van der Waals surface area contributed by atoms with Crippen molar-refractivity contribution < 1.29 is 9.13 Å². The zero-order chi connectivity index (χ0) is 13.0. The van der Waals surface area contributed by atoms with Gasteiger partial charge in [0.1, 0.15) is 5.82 Å². The number of nitrogen functional groups attached to an aromatic ring is 1. The molecule has 0 fully saturated rings. The van der Waals surface area contributed by atoms with E-state index in [0.717, 1.165) is 6.54 Å². The first-order chi connectivity index (χ1) is 8.01. The Hall–Kier alpha value is -1.00. The number of nitrogens with zero attached hydrogens (tertiary/aromatic N) is 1. The number of likely N-dealkylation sites (N-methyl/N-ethyl adjacent to an activating group) is 1. The maximum atomic E-state index is 13.5. The highest BCUT2D eigenvalue weighted by atomic mass is 35.5. The van der Waals surface area contributed by atoms with Gasteiger partial charge in [-0.3, -0.25) is 0 Å². The van der Waals surface area contributed by atoms with Gasteiger partial charge in [-0.15, -0.1) is 0 Å². The normalized spacial score (nSPS) is 12.5. The lowest BCUT2D eigenvalue weighted by molar-refractivity contribution is 0.182. The minimum atomic E-state index is -0.459. The summed E-state index contributed by atoms with van der Waals surface area (Å²) in [5.41, 5.74) is 6.99. The van der Waals surface area contributed by atoms with Crippen molar-refractivity contribution >= 4 is 23.0 Å². The van der Waals surface area contributed by atoms with Crippen molar-refractivity contribution in [3.8, 4) is 0 Å². The smallest absolute Gasteiger partial charge is 0.144 e. The summed E-state index contributed by atoms with van der Waals surface area (Å²) < 4.78 is 18.6. The van der Waals surface area contributed by atoms with E-state index in [1.54, 1.807) is 7.11 Å². The highest BCUT2D eigenvalue weighted by Crippen LogP contribution is 2.30. The summed E-state index contributed by atoms with van der Waals surface area (Å²) in [6.07, 6.45) is 0. The molecule has 1 rings (SSSR count). The standard InChI is InChI=1S/C12H18ClFN2O/c1-4-16(8(2)7-17-3)12-6-10(14)9(13)5-11(12)15/h5-6,8H,4,7,15H2,1-3H3. The number of nitrogens with two attached hydrogens (primary N) is 1. The summed E-state index contributed by atoms with van der Waals surface area (Å²) >= 11 is 5.68. The van der Waals surface area contributed by atoms with Crippen LogP contribution >= 0.6 is 11.6 Å². The van der Waals surface area contributed by atoms with Crippen molar-refractivity contribution in [2.75, 3.05) is 30.9 Å². The van der Waals surface area contributed by atoms with E-state index in [0.29, 0.717) is 18.0 Å². The van der Waals surface area contributed by atoms with E-state index in [4.69, 9.17) is 22.1 Å². The summed E-state index contributed by atoms with van der Waals surface area (Å²) in [4.78, 5) is 1.98. The van der Waals surface area contributed by atoms with Gasteiger partial charge in [-0.2, -0.15) is 0 Å². The van der Waals surface area contributed by atoms with Crippen LogP contribution in [0.3, 0.4) is 0 Å². The number of rotatable bonds is 5. The second-order valence-electron chi connectivity index (χ2n) is 3.92. The van der Waals surface area contributed by atoms with Gasteiger partial charge in [0.05, 0.1) is 23.0 Å². The van der Waals surface area contributed by atoms with E-state index in [2.05, 4.69) is 0 Å². The molecule has 3 nitrogen and oxygen atoms in total. The van der Waals surface area contributed by atoms with Crippen LogP contribution in [0.2, 0.25) is 5.02 Å². The number of hydrogen-bond donors (Lipinski definition) is 1. The molecule has 0 aliphatic rings. The van der Waals surface area contributed by atoms with Crippen LogP contribution in [0.25, 0.3) is 0 Å². The maximum absolute atomic E-state index is 13.5. The molecule has 0 amide bonds. The van der Waals surface area contributed by atoms with Crippen LogP contribution in [0.1, 0.15) is 13.8 Å². The van der Waals surface area contributed by atoms with Gasteiger partial charge >= 0.3 is 0 Å². The van der Waals surface area contributed by atoms with Gasteiger partial charge in [-0.25, -0.2) is 4.39 Å². The first-order valence-electron chi connectivity index (χ1n) is 5.51. The molecule has 5 heteroatoms. The van der Waals surface area contributed by atoms with E-state index >= 15 is 0 Å². The molecule has 17 heavy (non-hydrogen) atoms. The molecule has 0 saturated carbocycles. The Morgan fingerprint density at radius 1 is 1.53 bits per heavy atom. The largest absolute Gasteiger partial charge is 0.397 e. The van der Waals surface area contributed by atoms with Crippen molar-refractivity contribution in [1.82, 2.24) is 0 Å². The van der Waals surface area contributed by atoms with Gasteiger partial charge in [0.25, 0.3) is 0 Å². The number of hydrogen-bond acceptors (Lipinski definition) is 3. The summed E-state index contributed by atoms with van der Waals surface area (Å²) in [5.74, 6) is -0.459. The molecule has 0 aliphatic carbocycles. The van der Waals surface area contributed by atoms with Gasteiger partial charge in [-0.1, -0.05) is 11.6 Å². The molecule has 96 valence electrons. The number of halogens is 2. The van der Waals surface area contributed by atoms with Gasteiger partial charge < -0.3 is 15.4 Å². The number of methoxy groups -OCH3 is 1. The fourth-order valence-electron chi connectivity index (χ4n) is 1.85. The summed E-state index contributed by atoms with van der Waals surface area (Å²) in [5, 5.41) is 0.0432. The average molecular weight is 261 g/mol. The van der Waals surface area contributed by atoms with E-state index in [1.165, 1.54) is 12.1 Å². The number of benzene rings is 1. The maximum Gasteiger partial charge on any atom is 0.144 e. The van der Waals surface area contributed by atoms with Crippen LogP contribution in [0, 0.1) is 5.82 Å². The lowest BCUT2D eigenvalue weighted by Gasteiger charge is -2.30. The number of ether oxygens (including phenoxy) is 1. The molecule has 1 atom stereocenters. The number of anilines is 2. The Labute approximate surface area is 106 Å². The molecule has 1 unspecified atom stereocenters. The molecule has 0 saturated heterocycles. The first kappa shape index (κ1) is 14.1. The molecular formula is C12H18ClFN2O. The zero-order valence-electron chi connectivity index (χ0n) is 10.3. The van der Waals surface area contributed by atoms with Gasteiger partial charge in [-0.05, 0) is 19.9 Å². The van der Waals surface area contributed by atoms with E-state index in [9.17, 15) is 4.39 Å². The van der Waals surface area contributed by atoms with Crippen molar-refractivity contribution in [2.45, 2.75) is 19.9 Å². The Balaban J connectivity index is 3.07. The average Bonchev–Trinajstić information content (AvgIpc) is 2.26. The quantitative estimate of drug-likeness (QED) is 0.828. The van der Waals surface area contributed by atoms with Gasteiger partial charge in [0.15, 0.2) is 0 Å². The van der Waals surface area contributed by atoms with Crippen LogP contribution in [-0.2, 0) is 4.74 Å². The van der Waals surface area contributed by atoms with Crippen molar-refractivity contribution in [2.24, 2.45) is 0 Å². The highest BCUT2D eigenvalue weighted by molar-refractivity contribution is 6.31. The molecule has 0 spiro atoms. The third kappa shape index (κ3) is 3.23. The minimum absolute atomic E-state index is 0.0432. The molecule has 0 aromatic heterocycles. The van der Waals surface area contributed by atoms with Crippen LogP contribution in [0.15, 0.2) is 12.1 Å². The lowest BCUT2D eigenvalue weighted by Crippen LogP contribution is -2.36. The summed E-state index contributed by atoms with van der Waals surface area (Å²) in [6.45, 7) is 5.25. The highest BCUT2D eigenvalue weighted by Gasteiger charge is 2.17. The third-order valence-electron chi connectivity index (χ3n) is 2.66. The lowest BCUT2D eigenvalue weighted by atomic mass is 10.2. The van der Waals surface area contributed by atoms with Gasteiger partial charge in [0, 0.05) is 25.8 Å². The van der Waals surface area contributed by atoms with Crippen molar-refractivity contribution in [3.63, 3.8) is 0 Å². The van der Waals surface area contributed by atoms with Crippen LogP contribution in [-0.4, -0.2) is 26.3 Å². The zero-order valence-corrected chi connectivity index (χ0v) is 11.1. The summed E-state index contributed by atoms with van der Waals surface area (Å²) in [6, 6.07) is 2.93. The van der Waals surface area contributed by atoms with Crippen LogP contribution in [0.4, 0.5) is 15.8 Å². The van der Waals surface area contributed by atoms with Crippen molar-refractivity contribution in [1.29, 1.82) is 0 Å². The predicted molar refractivity (Wildman–Crippen MR) is 70.2 cm³/mol. The SMILES string of the molecule is CCN(c1cc(F)c(Cl)cc1N)C(C)COC. The molecule has 0 radical (unpaired) electrons. The minimum Gasteiger partial charge on any atom is -0.397 e. The second kappa shape index (κ2) is 6.07. The van der Waals surface area contributed by atoms with Crippen LogP contribution in [0.5, 0.6) is 0 Å². The fraction of sp³-hybridized carbons (Fsp3) is 0.500. The van der Waals surface area contributed by atoms with E-state index in [-0.39, 0.29) is 11.1 Å². The Morgan fingerprint density at radius 3 is 2.71 bits per heavy atom. The topological polar surface area (TPSA) is 38.5 Å². The third-order valence-corrected chi connectivity index (χ3v) is 2.95. The summed E-state index contributed by atoms with van der Waals surface area (Å²) in [7, 11) is 1.64. The molecule has 2 N–H and O–H groups in total. The first-order valence-corrected chi connectivity index (χ1v) is 5.89.